The summed E-state index contributed by atoms with van der Waals surface area (Å²) in [6.07, 6.45) is 2.73. The average molecular weight is 179 g/mol. The van der Waals surface area contributed by atoms with Gasteiger partial charge in [0.05, 0.1) is 5.56 Å². The summed E-state index contributed by atoms with van der Waals surface area (Å²) in [6, 6.07) is 2.76. The van der Waals surface area contributed by atoms with E-state index in [0.717, 1.165) is 0 Å². The summed E-state index contributed by atoms with van der Waals surface area (Å²) in [6.45, 7) is 3.57. The highest BCUT2D eigenvalue weighted by Crippen LogP contribution is 2.05. The molecule has 0 aromatic carbocycles. The molecule has 1 rings (SSSR count). The average Bonchev–Trinajstić information content (AvgIpc) is 2.15. The highest BCUT2D eigenvalue weighted by Gasteiger charge is 2.05. The zero-order chi connectivity index (χ0) is 9.68. The van der Waals surface area contributed by atoms with Gasteiger partial charge in [-0.15, -0.1) is 0 Å². The van der Waals surface area contributed by atoms with Gasteiger partial charge in [0.15, 0.2) is 0 Å². The van der Waals surface area contributed by atoms with E-state index in [1.165, 1.54) is 24.4 Å². The van der Waals surface area contributed by atoms with Gasteiger partial charge in [-0.25, -0.2) is 9.78 Å². The molecule has 0 fully saturated rings. The summed E-state index contributed by atoms with van der Waals surface area (Å²) < 4.78 is 4.74. The first-order valence-corrected chi connectivity index (χ1v) is 3.67. The van der Waals surface area contributed by atoms with Gasteiger partial charge in [-0.1, -0.05) is 12.7 Å². The van der Waals surface area contributed by atoms with Crippen molar-refractivity contribution >= 4 is 5.97 Å². The number of nitrogens with zero attached hydrogens (tertiary/aromatic N) is 1. The van der Waals surface area contributed by atoms with Crippen molar-refractivity contribution in [3.05, 3.63) is 36.5 Å². The Labute approximate surface area is 75.5 Å². The fourth-order valence-corrected chi connectivity index (χ4v) is 0.725. The summed E-state index contributed by atoms with van der Waals surface area (Å²) in [5, 5.41) is 8.84. The van der Waals surface area contributed by atoms with Crippen molar-refractivity contribution in [2.24, 2.45) is 0 Å². The summed E-state index contributed by atoms with van der Waals surface area (Å²) in [5.41, 5.74) is 0.305. The van der Waals surface area contributed by atoms with Crippen LogP contribution in [0.3, 0.4) is 0 Å². The van der Waals surface area contributed by atoms with Gasteiger partial charge in [0.1, 0.15) is 6.61 Å². The Hall–Kier alpha value is -1.84. The third-order valence-electron chi connectivity index (χ3n) is 1.32. The zero-order valence-corrected chi connectivity index (χ0v) is 6.93. The summed E-state index contributed by atoms with van der Waals surface area (Å²) in [4.78, 5) is 14.7. The number of pyridine rings is 1. The van der Waals surface area contributed by atoms with E-state index in [4.69, 9.17) is 9.84 Å². The maximum absolute atomic E-state index is 11.1. The summed E-state index contributed by atoms with van der Waals surface area (Å²) in [5.74, 6) is -0.604. The number of hydrogen-bond donors (Lipinski definition) is 1. The van der Waals surface area contributed by atoms with Crippen LogP contribution in [0, 0.1) is 0 Å². The molecule has 4 nitrogen and oxygen atoms in total. The van der Waals surface area contributed by atoms with E-state index in [1.807, 2.05) is 0 Å². The minimum atomic E-state index is -0.479. The minimum absolute atomic E-state index is 0.125. The lowest BCUT2D eigenvalue weighted by Gasteiger charge is -2.00. The quantitative estimate of drug-likeness (QED) is 0.558. The van der Waals surface area contributed by atoms with Crippen molar-refractivity contribution in [2.45, 2.75) is 0 Å². The smallest absolute Gasteiger partial charge is 0.340 e. The van der Waals surface area contributed by atoms with E-state index >= 15 is 0 Å². The normalized spacial score (nSPS) is 9.23. The lowest BCUT2D eigenvalue weighted by atomic mass is 10.3. The Morgan fingerprint density at radius 3 is 3.00 bits per heavy atom. The van der Waals surface area contributed by atoms with Gasteiger partial charge >= 0.3 is 5.97 Å². The molecule has 1 N–H and O–H groups in total. The zero-order valence-electron chi connectivity index (χ0n) is 6.93. The Kier molecular flexibility index (Phi) is 3.03. The highest BCUT2D eigenvalue weighted by molar-refractivity contribution is 5.89. The monoisotopic (exact) mass is 179 g/mol. The van der Waals surface area contributed by atoms with Crippen molar-refractivity contribution in [1.82, 2.24) is 4.98 Å². The first-order valence-electron chi connectivity index (χ1n) is 3.67. The van der Waals surface area contributed by atoms with Gasteiger partial charge < -0.3 is 9.84 Å². The molecular formula is C9H9NO3. The number of carbonyl (C=O) groups is 1. The molecular weight excluding hydrogens is 170 g/mol. The number of aromatic hydroxyl groups is 1. The van der Waals surface area contributed by atoms with E-state index in [1.54, 1.807) is 0 Å². The van der Waals surface area contributed by atoms with E-state index in [0.29, 0.717) is 5.56 Å². The Morgan fingerprint density at radius 2 is 2.46 bits per heavy atom. The molecule has 4 heteroatoms. The summed E-state index contributed by atoms with van der Waals surface area (Å²) in [7, 11) is 0. The van der Waals surface area contributed by atoms with Crippen molar-refractivity contribution < 1.29 is 14.6 Å². The van der Waals surface area contributed by atoms with Crippen LogP contribution in [0.25, 0.3) is 0 Å². The lowest BCUT2D eigenvalue weighted by molar-refractivity contribution is 0.0549. The van der Waals surface area contributed by atoms with Crippen LogP contribution in [0.1, 0.15) is 10.4 Å². The fourth-order valence-electron chi connectivity index (χ4n) is 0.725. The number of esters is 1. The maximum Gasteiger partial charge on any atom is 0.340 e. The molecule has 0 spiro atoms. The fraction of sp³-hybridized carbons (Fsp3) is 0.111. The molecule has 0 aliphatic carbocycles. The maximum atomic E-state index is 11.1. The third kappa shape index (κ3) is 2.59. The molecule has 0 radical (unpaired) electrons. The van der Waals surface area contributed by atoms with Gasteiger partial charge in [0.25, 0.3) is 0 Å². The number of hydrogen-bond acceptors (Lipinski definition) is 4. The molecule has 1 aromatic rings. The predicted molar refractivity (Wildman–Crippen MR) is 46.4 cm³/mol. The molecule has 0 bridgehead atoms. The van der Waals surface area contributed by atoms with Crippen LogP contribution in [0.5, 0.6) is 5.88 Å². The van der Waals surface area contributed by atoms with Crippen molar-refractivity contribution in [3.63, 3.8) is 0 Å². The second kappa shape index (κ2) is 4.25. The second-order valence-corrected chi connectivity index (χ2v) is 2.29. The van der Waals surface area contributed by atoms with Crippen LogP contribution in [0.15, 0.2) is 31.0 Å². The summed E-state index contributed by atoms with van der Waals surface area (Å²) >= 11 is 0. The van der Waals surface area contributed by atoms with Gasteiger partial charge in [0.2, 0.25) is 5.88 Å². The largest absolute Gasteiger partial charge is 0.493 e. The molecule has 0 unspecified atom stereocenters. The molecule has 0 saturated carbocycles. The topological polar surface area (TPSA) is 59.4 Å². The highest BCUT2D eigenvalue weighted by atomic mass is 16.5. The molecule has 0 aliphatic rings. The number of rotatable bonds is 3. The van der Waals surface area contributed by atoms with Crippen molar-refractivity contribution in [3.8, 4) is 5.88 Å². The Morgan fingerprint density at radius 1 is 1.69 bits per heavy atom. The number of aromatic nitrogens is 1. The van der Waals surface area contributed by atoms with Crippen LogP contribution >= 0.6 is 0 Å². The van der Waals surface area contributed by atoms with Crippen LogP contribution in [-0.4, -0.2) is 22.7 Å². The van der Waals surface area contributed by atoms with E-state index < -0.39 is 5.97 Å². The molecule has 0 amide bonds. The first-order chi connectivity index (χ1) is 6.24. The van der Waals surface area contributed by atoms with Gasteiger partial charge in [-0.2, -0.15) is 0 Å². The minimum Gasteiger partial charge on any atom is -0.493 e. The Bertz CT molecular complexity index is 305. The third-order valence-corrected chi connectivity index (χ3v) is 1.32. The second-order valence-electron chi connectivity index (χ2n) is 2.29. The molecule has 68 valence electrons. The standard InChI is InChI=1S/C9H9NO3/c1-2-5-13-9(12)7-3-4-8(11)10-6-7/h2-4,6H,1,5H2,(H,10,11). The van der Waals surface area contributed by atoms with Crippen LogP contribution in [0.2, 0.25) is 0 Å². The number of ether oxygens (including phenoxy) is 1. The predicted octanol–water partition coefficient (Wildman–Crippen LogP) is 1.13. The van der Waals surface area contributed by atoms with Crippen LogP contribution in [0.4, 0.5) is 0 Å². The molecule has 0 atom stereocenters. The van der Waals surface area contributed by atoms with Gasteiger partial charge in [-0.3, -0.25) is 0 Å². The number of carbonyl (C=O) groups excluding carboxylic acids is 1. The SMILES string of the molecule is C=CCOC(=O)c1ccc(O)nc1. The lowest BCUT2D eigenvalue weighted by Crippen LogP contribution is -2.04. The van der Waals surface area contributed by atoms with Crippen molar-refractivity contribution in [2.75, 3.05) is 6.61 Å². The van der Waals surface area contributed by atoms with E-state index in [-0.39, 0.29) is 12.5 Å². The molecule has 13 heavy (non-hydrogen) atoms. The van der Waals surface area contributed by atoms with E-state index in [9.17, 15) is 4.79 Å². The Balaban J connectivity index is 2.66. The molecule has 0 aliphatic heterocycles. The van der Waals surface area contributed by atoms with Gasteiger partial charge in [0, 0.05) is 12.3 Å². The molecule has 0 saturated heterocycles. The van der Waals surface area contributed by atoms with Crippen LogP contribution < -0.4 is 0 Å². The van der Waals surface area contributed by atoms with Gasteiger partial charge in [-0.05, 0) is 6.07 Å². The van der Waals surface area contributed by atoms with Crippen molar-refractivity contribution in [1.29, 1.82) is 0 Å². The molecule has 1 aromatic heterocycles. The first kappa shape index (κ1) is 9.25. The van der Waals surface area contributed by atoms with Crippen LogP contribution in [-0.2, 0) is 4.74 Å². The molecule has 1 heterocycles. The van der Waals surface area contributed by atoms with E-state index in [2.05, 4.69) is 11.6 Å².